The second-order valence-electron chi connectivity index (χ2n) is 6.12. The van der Waals surface area contributed by atoms with Crippen LogP contribution in [0.4, 0.5) is 0 Å². The molecule has 0 aliphatic heterocycles. The molecule has 4 aromatic rings. The molecule has 1 N–H and O–H groups in total. The van der Waals surface area contributed by atoms with Gasteiger partial charge in [-0.15, -0.1) is 11.3 Å². The van der Waals surface area contributed by atoms with Crippen molar-refractivity contribution >= 4 is 27.3 Å². The lowest BCUT2D eigenvalue weighted by molar-refractivity contribution is 0.0989. The summed E-state index contributed by atoms with van der Waals surface area (Å²) in [5.74, 6) is 0.198. The van der Waals surface area contributed by atoms with Crippen molar-refractivity contribution in [2.75, 3.05) is 0 Å². The number of rotatable bonds is 4. The minimum atomic E-state index is 0.198. The fourth-order valence-corrected chi connectivity index (χ4v) is 4.56. The van der Waals surface area contributed by atoms with Crippen LogP contribution in [0, 0.1) is 6.92 Å². The number of aromatic nitrogens is 1. The maximum Gasteiger partial charge on any atom is 0.165 e. The molecule has 2 aromatic carbocycles. The van der Waals surface area contributed by atoms with Gasteiger partial charge < -0.3 is 4.98 Å². The van der Waals surface area contributed by atoms with Crippen molar-refractivity contribution in [2.45, 2.75) is 20.3 Å². The molecule has 0 radical (unpaired) electrons. The second-order valence-corrected chi connectivity index (χ2v) is 7.35. The minimum absolute atomic E-state index is 0.198. The number of carbonyl (C=O) groups is 1. The van der Waals surface area contributed by atoms with Crippen molar-refractivity contribution in [1.29, 1.82) is 0 Å². The van der Waals surface area contributed by atoms with E-state index in [2.05, 4.69) is 41.4 Å². The zero-order valence-corrected chi connectivity index (χ0v) is 15.1. The van der Waals surface area contributed by atoms with Crippen LogP contribution in [0.25, 0.3) is 32.6 Å². The van der Waals surface area contributed by atoms with Gasteiger partial charge in [0.1, 0.15) is 0 Å². The van der Waals surface area contributed by atoms with E-state index < -0.39 is 0 Å². The van der Waals surface area contributed by atoms with Crippen molar-refractivity contribution in [1.82, 2.24) is 4.98 Å². The molecule has 25 heavy (non-hydrogen) atoms. The van der Waals surface area contributed by atoms with Crippen LogP contribution in [0.1, 0.15) is 28.6 Å². The lowest BCUT2D eigenvalue weighted by Gasteiger charge is -2.05. The highest BCUT2D eigenvalue weighted by Gasteiger charge is 2.23. The van der Waals surface area contributed by atoms with Gasteiger partial charge in [-0.1, -0.05) is 67.6 Å². The summed E-state index contributed by atoms with van der Waals surface area (Å²) in [5.41, 5.74) is 6.40. The van der Waals surface area contributed by atoms with Crippen LogP contribution in [-0.4, -0.2) is 10.8 Å². The Labute approximate surface area is 151 Å². The number of aryl methyl sites for hydroxylation is 1. The molecular weight excluding hydrogens is 326 g/mol. The lowest BCUT2D eigenvalue weighted by atomic mass is 10.0. The summed E-state index contributed by atoms with van der Waals surface area (Å²) in [6.45, 7) is 3.96. The van der Waals surface area contributed by atoms with Gasteiger partial charge in [-0.3, -0.25) is 4.79 Å². The van der Waals surface area contributed by atoms with Crippen molar-refractivity contribution < 1.29 is 4.79 Å². The first-order valence-corrected chi connectivity index (χ1v) is 9.31. The first kappa shape index (κ1) is 15.9. The zero-order valence-electron chi connectivity index (χ0n) is 14.3. The maximum atomic E-state index is 12.5. The number of H-pyrrole nitrogens is 1. The third-order valence-electron chi connectivity index (χ3n) is 4.54. The Morgan fingerprint density at radius 3 is 2.16 bits per heavy atom. The molecule has 0 aliphatic rings. The lowest BCUT2D eigenvalue weighted by Crippen LogP contribution is -1.97. The number of thiophene rings is 1. The fourth-order valence-electron chi connectivity index (χ4n) is 3.36. The molecule has 0 atom stereocenters. The van der Waals surface area contributed by atoms with Crippen molar-refractivity contribution in [3.05, 3.63) is 71.1 Å². The number of hydrogen-bond acceptors (Lipinski definition) is 2. The molecule has 2 aromatic heterocycles. The molecule has 0 spiro atoms. The summed E-state index contributed by atoms with van der Waals surface area (Å²) in [7, 11) is 0. The summed E-state index contributed by atoms with van der Waals surface area (Å²) in [4.78, 5) is 17.2. The fraction of sp³-hybridized carbons (Fsp3) is 0.136. The Hall–Kier alpha value is -2.65. The quantitative estimate of drug-likeness (QED) is 0.423. The van der Waals surface area contributed by atoms with Gasteiger partial charge >= 0.3 is 0 Å². The number of ketones is 1. The van der Waals surface area contributed by atoms with Crippen molar-refractivity contribution in [3.8, 4) is 22.4 Å². The summed E-state index contributed by atoms with van der Waals surface area (Å²) in [5, 5.41) is 0. The predicted molar refractivity (Wildman–Crippen MR) is 106 cm³/mol. The van der Waals surface area contributed by atoms with Gasteiger partial charge in [0.25, 0.3) is 0 Å². The highest BCUT2D eigenvalue weighted by atomic mass is 32.1. The maximum absolute atomic E-state index is 12.5. The Morgan fingerprint density at radius 2 is 1.56 bits per heavy atom. The van der Waals surface area contributed by atoms with E-state index in [4.69, 9.17) is 0 Å². The minimum Gasteiger partial charge on any atom is -0.353 e. The van der Waals surface area contributed by atoms with Gasteiger partial charge in [0, 0.05) is 16.9 Å². The van der Waals surface area contributed by atoms with Crippen LogP contribution in [0.2, 0.25) is 0 Å². The van der Waals surface area contributed by atoms with E-state index in [1.807, 2.05) is 38.1 Å². The van der Waals surface area contributed by atoms with Crippen LogP contribution >= 0.6 is 11.3 Å². The van der Waals surface area contributed by atoms with E-state index in [0.717, 1.165) is 27.2 Å². The molecule has 0 saturated heterocycles. The first-order valence-electron chi connectivity index (χ1n) is 8.49. The van der Waals surface area contributed by atoms with E-state index in [9.17, 15) is 4.79 Å². The molecule has 3 heteroatoms. The highest BCUT2D eigenvalue weighted by Crippen LogP contribution is 2.44. The molecule has 0 amide bonds. The molecule has 0 unspecified atom stereocenters. The number of aromatic amines is 1. The zero-order chi connectivity index (χ0) is 17.4. The molecule has 0 fully saturated rings. The number of hydrogen-bond donors (Lipinski definition) is 1. The average Bonchev–Trinajstić information content (AvgIpc) is 3.17. The van der Waals surface area contributed by atoms with E-state index >= 15 is 0 Å². The summed E-state index contributed by atoms with van der Waals surface area (Å²) in [6, 6.07) is 20.7. The molecule has 0 bridgehead atoms. The number of Topliss-reactive ketones (excluding diaryl/α,β-unsaturated/α-hetero) is 1. The summed E-state index contributed by atoms with van der Waals surface area (Å²) < 4.78 is 1.17. The first-order chi connectivity index (χ1) is 12.2. The largest absolute Gasteiger partial charge is 0.353 e. The number of carbonyl (C=O) groups excluding carboxylic acids is 1. The van der Waals surface area contributed by atoms with Gasteiger partial charge in [-0.05, 0) is 18.1 Å². The van der Waals surface area contributed by atoms with Crippen molar-refractivity contribution in [3.63, 3.8) is 0 Å². The van der Waals surface area contributed by atoms with Crippen LogP contribution in [0.15, 0.2) is 60.7 Å². The number of fused-ring (bicyclic) bond motifs is 1. The van der Waals surface area contributed by atoms with Gasteiger partial charge in [-0.25, -0.2) is 0 Å². The Bertz CT molecular complexity index is 1040. The van der Waals surface area contributed by atoms with Crippen molar-refractivity contribution in [2.24, 2.45) is 0 Å². The number of nitrogens with one attached hydrogen (secondary N) is 1. The monoisotopic (exact) mass is 345 g/mol. The molecule has 124 valence electrons. The second kappa shape index (κ2) is 6.34. The standard InChI is InChI=1S/C22H19NOS/c1-3-17(24)18-14(2)25-22-19(15-10-6-4-7-11-15)20(23-21(18)22)16-12-8-5-9-13-16/h4-13,23H,3H2,1-2H3. The van der Waals surface area contributed by atoms with Crippen LogP contribution in [0.3, 0.4) is 0 Å². The van der Waals surface area contributed by atoms with E-state index in [0.29, 0.717) is 6.42 Å². The van der Waals surface area contributed by atoms with Crippen LogP contribution in [0.5, 0.6) is 0 Å². The molecule has 0 saturated carbocycles. The summed E-state index contributed by atoms with van der Waals surface area (Å²) in [6.07, 6.45) is 0.521. The smallest absolute Gasteiger partial charge is 0.165 e. The Kier molecular flexibility index (Phi) is 4.02. The molecule has 2 nitrogen and oxygen atoms in total. The molecule has 0 aliphatic carbocycles. The van der Waals surface area contributed by atoms with E-state index in [1.165, 1.54) is 15.8 Å². The van der Waals surface area contributed by atoms with Crippen LogP contribution < -0.4 is 0 Å². The third-order valence-corrected chi connectivity index (χ3v) is 5.66. The van der Waals surface area contributed by atoms with Gasteiger partial charge in [0.15, 0.2) is 5.78 Å². The third kappa shape index (κ3) is 2.61. The van der Waals surface area contributed by atoms with Gasteiger partial charge in [-0.2, -0.15) is 0 Å². The molecule has 4 rings (SSSR count). The predicted octanol–water partition coefficient (Wildman–Crippen LogP) is 6.46. The number of benzene rings is 2. The molecule has 2 heterocycles. The SMILES string of the molecule is CCC(=O)c1c(C)sc2c(-c3ccccc3)c(-c3ccccc3)[nH]c12. The summed E-state index contributed by atoms with van der Waals surface area (Å²) >= 11 is 1.71. The highest BCUT2D eigenvalue weighted by molar-refractivity contribution is 7.20. The van der Waals surface area contributed by atoms with Gasteiger partial charge in [0.05, 0.1) is 21.5 Å². The van der Waals surface area contributed by atoms with Crippen LogP contribution in [-0.2, 0) is 0 Å². The topological polar surface area (TPSA) is 32.9 Å². The normalized spacial score (nSPS) is 11.1. The average molecular weight is 345 g/mol. The molecular formula is C22H19NOS. The van der Waals surface area contributed by atoms with E-state index in [-0.39, 0.29) is 5.78 Å². The van der Waals surface area contributed by atoms with Gasteiger partial charge in [0.2, 0.25) is 0 Å². The van der Waals surface area contributed by atoms with E-state index in [1.54, 1.807) is 11.3 Å². The Balaban J connectivity index is 2.07. The Morgan fingerprint density at radius 1 is 0.960 bits per heavy atom.